The Kier molecular flexibility index (Phi) is 3.88. The van der Waals surface area contributed by atoms with E-state index in [1.807, 2.05) is 23.9 Å². The van der Waals surface area contributed by atoms with Gasteiger partial charge in [-0.25, -0.2) is 0 Å². The second kappa shape index (κ2) is 5.80. The van der Waals surface area contributed by atoms with E-state index in [-0.39, 0.29) is 0 Å². The van der Waals surface area contributed by atoms with Crippen molar-refractivity contribution in [3.05, 3.63) is 53.1 Å². The van der Waals surface area contributed by atoms with E-state index in [1.54, 1.807) is 0 Å². The molecule has 3 heteroatoms. The molecule has 0 radical (unpaired) electrons. The maximum Gasteiger partial charge on any atom is 0.122 e. The number of nitrogen functional groups attached to an aromatic ring is 1. The highest BCUT2D eigenvalue weighted by Crippen LogP contribution is 2.28. The van der Waals surface area contributed by atoms with Crippen molar-refractivity contribution in [2.45, 2.75) is 24.7 Å². The molecule has 0 unspecified atom stereocenters. The van der Waals surface area contributed by atoms with Crippen LogP contribution in [0.1, 0.15) is 16.7 Å². The number of hydrogen-bond donors (Lipinski definition) is 1. The van der Waals surface area contributed by atoms with Crippen LogP contribution < -0.4 is 10.5 Å². The first kappa shape index (κ1) is 13.4. The highest BCUT2D eigenvalue weighted by atomic mass is 32.2. The molecule has 0 aliphatic carbocycles. The van der Waals surface area contributed by atoms with Crippen LogP contribution in [0.25, 0.3) is 0 Å². The second-order valence-corrected chi connectivity index (χ2v) is 6.30. The zero-order valence-corrected chi connectivity index (χ0v) is 12.5. The number of aryl methyl sites for hydroxylation is 2. The molecule has 1 aliphatic rings. The lowest BCUT2D eigenvalue weighted by atomic mass is 10.1. The monoisotopic (exact) mass is 285 g/mol. The van der Waals surface area contributed by atoms with Crippen molar-refractivity contribution in [1.82, 2.24) is 0 Å². The molecule has 0 fully saturated rings. The van der Waals surface area contributed by atoms with E-state index in [9.17, 15) is 0 Å². The molecule has 0 saturated heterocycles. The van der Waals surface area contributed by atoms with Crippen LogP contribution in [0, 0.1) is 6.92 Å². The van der Waals surface area contributed by atoms with Gasteiger partial charge in [-0.15, -0.1) is 11.8 Å². The average molecular weight is 285 g/mol. The third kappa shape index (κ3) is 2.93. The van der Waals surface area contributed by atoms with Gasteiger partial charge in [0.15, 0.2) is 0 Å². The number of thioether (sulfide) groups is 1. The minimum Gasteiger partial charge on any atom is -0.493 e. The number of hydrogen-bond acceptors (Lipinski definition) is 3. The lowest BCUT2D eigenvalue weighted by Crippen LogP contribution is -1.92. The van der Waals surface area contributed by atoms with Gasteiger partial charge in [0, 0.05) is 22.8 Å². The Labute approximate surface area is 124 Å². The highest BCUT2D eigenvalue weighted by Gasteiger charge is 2.11. The molecule has 1 aliphatic heterocycles. The van der Waals surface area contributed by atoms with Crippen molar-refractivity contribution in [1.29, 1.82) is 0 Å². The Balaban J connectivity index is 1.60. The smallest absolute Gasteiger partial charge is 0.122 e. The first-order valence-electron chi connectivity index (χ1n) is 6.96. The van der Waals surface area contributed by atoms with Crippen molar-refractivity contribution < 1.29 is 4.74 Å². The fourth-order valence-electron chi connectivity index (χ4n) is 2.51. The fourth-order valence-corrected chi connectivity index (χ4v) is 3.52. The van der Waals surface area contributed by atoms with Gasteiger partial charge in [0.25, 0.3) is 0 Å². The molecular formula is C17H19NOS. The summed E-state index contributed by atoms with van der Waals surface area (Å²) in [5.41, 5.74) is 10.6. The molecule has 0 aromatic heterocycles. The number of ether oxygens (including phenoxy) is 1. The van der Waals surface area contributed by atoms with E-state index in [1.165, 1.54) is 21.6 Å². The molecule has 20 heavy (non-hydrogen) atoms. The van der Waals surface area contributed by atoms with Crippen LogP contribution in [-0.4, -0.2) is 12.4 Å². The molecule has 0 spiro atoms. The third-order valence-corrected chi connectivity index (χ3v) is 4.78. The number of nitrogens with two attached hydrogens (primary N) is 1. The maximum absolute atomic E-state index is 5.78. The van der Waals surface area contributed by atoms with Gasteiger partial charge in [0.2, 0.25) is 0 Å². The third-order valence-electron chi connectivity index (χ3n) is 3.60. The van der Waals surface area contributed by atoms with Gasteiger partial charge < -0.3 is 10.5 Å². The molecular weight excluding hydrogens is 266 g/mol. The molecule has 0 atom stereocenters. The lowest BCUT2D eigenvalue weighted by Gasteiger charge is -2.07. The van der Waals surface area contributed by atoms with Gasteiger partial charge in [-0.05, 0) is 54.3 Å². The van der Waals surface area contributed by atoms with Crippen molar-refractivity contribution >= 4 is 17.4 Å². The van der Waals surface area contributed by atoms with Crippen LogP contribution in [0.2, 0.25) is 0 Å². The molecule has 0 saturated carbocycles. The van der Waals surface area contributed by atoms with Gasteiger partial charge in [-0.2, -0.15) is 0 Å². The summed E-state index contributed by atoms with van der Waals surface area (Å²) < 4.78 is 5.54. The van der Waals surface area contributed by atoms with Crippen LogP contribution in [0.5, 0.6) is 5.75 Å². The minimum absolute atomic E-state index is 0.832. The maximum atomic E-state index is 5.78. The van der Waals surface area contributed by atoms with E-state index in [0.29, 0.717) is 0 Å². The van der Waals surface area contributed by atoms with Crippen LogP contribution in [0.3, 0.4) is 0 Å². The van der Waals surface area contributed by atoms with E-state index in [4.69, 9.17) is 10.5 Å². The molecule has 2 aromatic rings. The molecule has 2 nitrogen and oxygen atoms in total. The molecule has 2 aromatic carbocycles. The first-order valence-corrected chi connectivity index (χ1v) is 7.94. The standard InChI is InChI=1S/C17H19NOS/c1-12-10-15(18)3-5-17(12)20-9-7-13-2-4-16-14(11-13)6-8-19-16/h2-5,10-11H,6-9,18H2,1H3. The summed E-state index contributed by atoms with van der Waals surface area (Å²) in [6.07, 6.45) is 2.13. The molecule has 2 N–H and O–H groups in total. The predicted molar refractivity (Wildman–Crippen MR) is 85.7 cm³/mol. The molecule has 3 rings (SSSR count). The summed E-state index contributed by atoms with van der Waals surface area (Å²) in [6, 6.07) is 12.7. The molecule has 0 bridgehead atoms. The predicted octanol–water partition coefficient (Wildman–Crippen LogP) is 3.85. The van der Waals surface area contributed by atoms with Crippen LogP contribution in [0.4, 0.5) is 5.69 Å². The Bertz CT molecular complexity index is 624. The fraction of sp³-hybridized carbons (Fsp3) is 0.294. The number of fused-ring (bicyclic) bond motifs is 1. The normalized spacial score (nSPS) is 13.1. The van der Waals surface area contributed by atoms with E-state index in [0.717, 1.165) is 36.6 Å². The van der Waals surface area contributed by atoms with Gasteiger partial charge in [0.05, 0.1) is 6.61 Å². The number of rotatable bonds is 4. The van der Waals surface area contributed by atoms with Crippen LogP contribution >= 0.6 is 11.8 Å². The highest BCUT2D eigenvalue weighted by molar-refractivity contribution is 7.99. The van der Waals surface area contributed by atoms with E-state index in [2.05, 4.69) is 31.2 Å². The van der Waals surface area contributed by atoms with Crippen molar-refractivity contribution in [2.24, 2.45) is 0 Å². The van der Waals surface area contributed by atoms with E-state index >= 15 is 0 Å². The number of anilines is 1. The summed E-state index contributed by atoms with van der Waals surface area (Å²) in [7, 11) is 0. The summed E-state index contributed by atoms with van der Waals surface area (Å²) in [4.78, 5) is 1.32. The van der Waals surface area contributed by atoms with Gasteiger partial charge in [-0.1, -0.05) is 12.1 Å². The minimum atomic E-state index is 0.832. The van der Waals surface area contributed by atoms with Gasteiger partial charge in [0.1, 0.15) is 5.75 Å². The summed E-state index contributed by atoms with van der Waals surface area (Å²) in [5.74, 6) is 2.15. The van der Waals surface area contributed by atoms with Crippen molar-refractivity contribution in [3.8, 4) is 5.75 Å². The SMILES string of the molecule is Cc1cc(N)ccc1SCCc1ccc2c(c1)CCO2. The topological polar surface area (TPSA) is 35.2 Å². The average Bonchev–Trinajstić information content (AvgIpc) is 2.89. The summed E-state index contributed by atoms with van der Waals surface area (Å²) in [5, 5.41) is 0. The zero-order chi connectivity index (χ0) is 13.9. The Morgan fingerprint density at radius 3 is 2.95 bits per heavy atom. The zero-order valence-electron chi connectivity index (χ0n) is 11.7. The first-order chi connectivity index (χ1) is 9.72. The lowest BCUT2D eigenvalue weighted by molar-refractivity contribution is 0.357. The Morgan fingerprint density at radius 1 is 1.20 bits per heavy atom. The summed E-state index contributed by atoms with van der Waals surface area (Å²) in [6.45, 7) is 2.95. The largest absolute Gasteiger partial charge is 0.493 e. The molecule has 0 amide bonds. The van der Waals surface area contributed by atoms with E-state index < -0.39 is 0 Å². The van der Waals surface area contributed by atoms with Gasteiger partial charge >= 0.3 is 0 Å². The Morgan fingerprint density at radius 2 is 2.10 bits per heavy atom. The Hall–Kier alpha value is -1.61. The summed E-state index contributed by atoms with van der Waals surface area (Å²) >= 11 is 1.90. The molecule has 104 valence electrons. The van der Waals surface area contributed by atoms with Crippen molar-refractivity contribution in [2.75, 3.05) is 18.1 Å². The van der Waals surface area contributed by atoms with Crippen LogP contribution in [0.15, 0.2) is 41.3 Å². The quantitative estimate of drug-likeness (QED) is 0.684. The van der Waals surface area contributed by atoms with Gasteiger partial charge in [-0.3, -0.25) is 0 Å². The molecule has 1 heterocycles. The van der Waals surface area contributed by atoms with Crippen molar-refractivity contribution in [3.63, 3.8) is 0 Å². The second-order valence-electron chi connectivity index (χ2n) is 5.16. The number of benzene rings is 2. The van der Waals surface area contributed by atoms with Crippen LogP contribution in [-0.2, 0) is 12.8 Å².